The molecule has 4 aromatic rings. The summed E-state index contributed by atoms with van der Waals surface area (Å²) in [6.07, 6.45) is 8.37. The molecule has 132 valence electrons. The van der Waals surface area contributed by atoms with Crippen molar-refractivity contribution < 1.29 is 5.11 Å². The van der Waals surface area contributed by atoms with Gasteiger partial charge in [0.15, 0.2) is 0 Å². The van der Waals surface area contributed by atoms with Crippen LogP contribution in [0.5, 0.6) is 0 Å². The SMILES string of the molecule is Cc1cc2ncn(CC(O)Cn3ccnc3-c3ccncc3)c2cc1C. The van der Waals surface area contributed by atoms with Gasteiger partial charge in [0.1, 0.15) is 5.82 Å². The molecule has 0 radical (unpaired) electrons. The zero-order valence-corrected chi connectivity index (χ0v) is 14.9. The Balaban J connectivity index is 1.55. The maximum atomic E-state index is 10.6. The van der Waals surface area contributed by atoms with Crippen LogP contribution in [-0.4, -0.2) is 35.3 Å². The highest BCUT2D eigenvalue weighted by atomic mass is 16.3. The van der Waals surface area contributed by atoms with Crippen molar-refractivity contribution in [2.24, 2.45) is 0 Å². The molecule has 0 aliphatic rings. The van der Waals surface area contributed by atoms with Crippen LogP contribution in [0.3, 0.4) is 0 Å². The van der Waals surface area contributed by atoms with Gasteiger partial charge in [-0.15, -0.1) is 0 Å². The van der Waals surface area contributed by atoms with E-state index in [1.165, 1.54) is 11.1 Å². The van der Waals surface area contributed by atoms with Gasteiger partial charge in [-0.3, -0.25) is 4.98 Å². The number of imidazole rings is 2. The molecule has 0 aliphatic carbocycles. The average molecular weight is 347 g/mol. The van der Waals surface area contributed by atoms with Crippen molar-refractivity contribution in [3.8, 4) is 11.4 Å². The third kappa shape index (κ3) is 3.11. The molecule has 26 heavy (non-hydrogen) atoms. The van der Waals surface area contributed by atoms with Crippen LogP contribution in [0.15, 0.2) is 55.4 Å². The Bertz CT molecular complexity index is 1030. The van der Waals surface area contributed by atoms with Gasteiger partial charge in [-0.2, -0.15) is 0 Å². The summed E-state index contributed by atoms with van der Waals surface area (Å²) in [7, 11) is 0. The van der Waals surface area contributed by atoms with E-state index in [-0.39, 0.29) is 0 Å². The maximum Gasteiger partial charge on any atom is 0.140 e. The highest BCUT2D eigenvalue weighted by Gasteiger charge is 2.13. The van der Waals surface area contributed by atoms with Crippen LogP contribution in [0.25, 0.3) is 22.4 Å². The third-order valence-corrected chi connectivity index (χ3v) is 4.71. The van der Waals surface area contributed by atoms with Crippen LogP contribution in [0.1, 0.15) is 11.1 Å². The van der Waals surface area contributed by atoms with Gasteiger partial charge in [0.25, 0.3) is 0 Å². The lowest BCUT2D eigenvalue weighted by molar-refractivity contribution is 0.136. The largest absolute Gasteiger partial charge is 0.389 e. The van der Waals surface area contributed by atoms with Crippen molar-refractivity contribution in [1.82, 2.24) is 24.1 Å². The molecule has 1 atom stereocenters. The van der Waals surface area contributed by atoms with Crippen LogP contribution >= 0.6 is 0 Å². The molecule has 0 bridgehead atoms. The number of rotatable bonds is 5. The lowest BCUT2D eigenvalue weighted by Crippen LogP contribution is -2.22. The normalized spacial score (nSPS) is 12.6. The van der Waals surface area contributed by atoms with E-state index in [1.54, 1.807) is 24.9 Å². The van der Waals surface area contributed by atoms with Crippen molar-refractivity contribution >= 4 is 11.0 Å². The Morgan fingerprint density at radius 3 is 2.50 bits per heavy atom. The number of benzene rings is 1. The Hall–Kier alpha value is -2.99. The minimum Gasteiger partial charge on any atom is -0.389 e. The first kappa shape index (κ1) is 16.5. The van der Waals surface area contributed by atoms with Gasteiger partial charge in [-0.05, 0) is 49.2 Å². The highest BCUT2D eigenvalue weighted by molar-refractivity contribution is 5.77. The fourth-order valence-electron chi connectivity index (χ4n) is 3.19. The second-order valence-corrected chi connectivity index (χ2v) is 6.62. The number of aromatic nitrogens is 5. The number of aliphatic hydroxyl groups excluding tert-OH is 1. The molecule has 0 fully saturated rings. The fraction of sp³-hybridized carbons (Fsp3) is 0.250. The second kappa shape index (κ2) is 6.72. The van der Waals surface area contributed by atoms with Crippen LogP contribution < -0.4 is 0 Å². The average Bonchev–Trinajstić information content (AvgIpc) is 3.24. The Kier molecular flexibility index (Phi) is 4.26. The van der Waals surface area contributed by atoms with Crippen molar-refractivity contribution in [2.75, 3.05) is 0 Å². The number of pyridine rings is 1. The van der Waals surface area contributed by atoms with E-state index in [2.05, 4.69) is 40.9 Å². The van der Waals surface area contributed by atoms with E-state index >= 15 is 0 Å². The summed E-state index contributed by atoms with van der Waals surface area (Å²) in [5.41, 5.74) is 5.44. The van der Waals surface area contributed by atoms with Crippen LogP contribution in [0, 0.1) is 13.8 Å². The molecule has 0 spiro atoms. The minimum absolute atomic E-state index is 0.460. The first-order chi connectivity index (χ1) is 12.6. The zero-order chi connectivity index (χ0) is 18.1. The summed E-state index contributed by atoms with van der Waals surface area (Å²) in [6, 6.07) is 8.05. The molecule has 1 unspecified atom stereocenters. The fourth-order valence-corrected chi connectivity index (χ4v) is 3.19. The second-order valence-electron chi connectivity index (χ2n) is 6.62. The molecule has 3 aromatic heterocycles. The van der Waals surface area contributed by atoms with Gasteiger partial charge in [0.2, 0.25) is 0 Å². The number of hydrogen-bond acceptors (Lipinski definition) is 4. The molecule has 0 amide bonds. The molecule has 3 heterocycles. The summed E-state index contributed by atoms with van der Waals surface area (Å²) >= 11 is 0. The van der Waals surface area contributed by atoms with Gasteiger partial charge < -0.3 is 14.2 Å². The summed E-state index contributed by atoms with van der Waals surface area (Å²) in [6.45, 7) is 5.12. The molecule has 0 aliphatic heterocycles. The van der Waals surface area contributed by atoms with Gasteiger partial charge in [-0.25, -0.2) is 9.97 Å². The number of nitrogens with zero attached hydrogens (tertiary/aromatic N) is 5. The monoisotopic (exact) mass is 347 g/mol. The predicted molar refractivity (Wildman–Crippen MR) is 101 cm³/mol. The van der Waals surface area contributed by atoms with E-state index in [4.69, 9.17) is 0 Å². The first-order valence-corrected chi connectivity index (χ1v) is 8.63. The van der Waals surface area contributed by atoms with Crippen LogP contribution in [0.2, 0.25) is 0 Å². The van der Waals surface area contributed by atoms with Gasteiger partial charge >= 0.3 is 0 Å². The molecule has 1 N–H and O–H groups in total. The highest BCUT2D eigenvalue weighted by Crippen LogP contribution is 2.20. The quantitative estimate of drug-likeness (QED) is 0.603. The van der Waals surface area contributed by atoms with Crippen molar-refractivity contribution in [1.29, 1.82) is 0 Å². The number of fused-ring (bicyclic) bond motifs is 1. The summed E-state index contributed by atoms with van der Waals surface area (Å²) < 4.78 is 3.98. The molecule has 6 heteroatoms. The maximum absolute atomic E-state index is 10.6. The van der Waals surface area contributed by atoms with Crippen molar-refractivity contribution in [3.05, 3.63) is 66.5 Å². The Morgan fingerprint density at radius 2 is 1.69 bits per heavy atom. The van der Waals surface area contributed by atoms with E-state index in [0.717, 1.165) is 22.4 Å². The van der Waals surface area contributed by atoms with E-state index in [9.17, 15) is 5.11 Å². The minimum atomic E-state index is -0.552. The van der Waals surface area contributed by atoms with Gasteiger partial charge in [0, 0.05) is 30.4 Å². The van der Waals surface area contributed by atoms with Crippen LogP contribution in [-0.2, 0) is 13.1 Å². The molecular weight excluding hydrogens is 326 g/mol. The number of aryl methyl sites for hydroxylation is 2. The first-order valence-electron chi connectivity index (χ1n) is 8.63. The molecule has 0 saturated carbocycles. The zero-order valence-electron chi connectivity index (χ0n) is 14.9. The molecule has 1 aromatic carbocycles. The lowest BCUT2D eigenvalue weighted by atomic mass is 10.1. The molecule has 4 rings (SSSR count). The number of aliphatic hydroxyl groups is 1. The molecule has 0 saturated heterocycles. The summed E-state index contributed by atoms with van der Waals surface area (Å²) in [5, 5.41) is 10.6. The van der Waals surface area contributed by atoms with E-state index < -0.39 is 6.10 Å². The summed E-state index contributed by atoms with van der Waals surface area (Å²) in [4.78, 5) is 12.9. The Labute approximate surface area is 151 Å². The topological polar surface area (TPSA) is 68.8 Å². The third-order valence-electron chi connectivity index (χ3n) is 4.71. The predicted octanol–water partition coefficient (Wildman–Crippen LogP) is 2.97. The van der Waals surface area contributed by atoms with Gasteiger partial charge in [0.05, 0.1) is 36.6 Å². The van der Waals surface area contributed by atoms with Crippen molar-refractivity contribution in [3.63, 3.8) is 0 Å². The van der Waals surface area contributed by atoms with Crippen molar-refractivity contribution in [2.45, 2.75) is 33.0 Å². The smallest absolute Gasteiger partial charge is 0.140 e. The van der Waals surface area contributed by atoms with E-state index in [0.29, 0.717) is 13.1 Å². The molecule has 6 nitrogen and oxygen atoms in total. The number of hydrogen-bond donors (Lipinski definition) is 1. The van der Waals surface area contributed by atoms with Gasteiger partial charge in [-0.1, -0.05) is 0 Å². The summed E-state index contributed by atoms with van der Waals surface area (Å²) in [5.74, 6) is 0.827. The van der Waals surface area contributed by atoms with E-state index in [1.807, 2.05) is 27.5 Å². The van der Waals surface area contributed by atoms with Crippen LogP contribution in [0.4, 0.5) is 0 Å². The lowest BCUT2D eigenvalue weighted by Gasteiger charge is -2.15. The molecular formula is C20H21N5O. The Morgan fingerprint density at radius 1 is 0.962 bits per heavy atom. The standard InChI is InChI=1S/C20H21N5O/c1-14-9-18-19(10-15(14)2)25(13-23-18)12-17(26)11-24-8-7-22-20(24)16-3-5-21-6-4-16/h3-10,13,17,26H,11-12H2,1-2H3.